The van der Waals surface area contributed by atoms with Crippen molar-refractivity contribution in [1.82, 2.24) is 5.32 Å². The van der Waals surface area contributed by atoms with Crippen molar-refractivity contribution < 1.29 is 4.79 Å². The van der Waals surface area contributed by atoms with Gasteiger partial charge in [0.2, 0.25) is 0 Å². The van der Waals surface area contributed by atoms with Crippen molar-refractivity contribution in [3.8, 4) is 0 Å². The lowest BCUT2D eigenvalue weighted by atomic mass is 10.0. The van der Waals surface area contributed by atoms with E-state index in [-0.39, 0.29) is 11.8 Å². The number of ketones is 1. The van der Waals surface area contributed by atoms with E-state index < -0.39 is 0 Å². The summed E-state index contributed by atoms with van der Waals surface area (Å²) in [5.74, 6) is 0.219. The van der Waals surface area contributed by atoms with Crippen LogP contribution < -0.4 is 10.2 Å². The summed E-state index contributed by atoms with van der Waals surface area (Å²) in [6.07, 6.45) is 0. The van der Waals surface area contributed by atoms with Crippen LogP contribution in [0.4, 0.5) is 5.00 Å². The molecular formula is C9H12N2OS. The van der Waals surface area contributed by atoms with Gasteiger partial charge in [0.25, 0.3) is 0 Å². The lowest BCUT2D eigenvalue weighted by Crippen LogP contribution is -2.47. The quantitative estimate of drug-likeness (QED) is 0.726. The predicted octanol–water partition coefficient (Wildman–Crippen LogP) is 0.969. The van der Waals surface area contributed by atoms with E-state index >= 15 is 0 Å². The largest absolute Gasteiger partial charge is 0.364 e. The topological polar surface area (TPSA) is 32.3 Å². The summed E-state index contributed by atoms with van der Waals surface area (Å²) in [6, 6.07) is 1.86. The summed E-state index contributed by atoms with van der Waals surface area (Å²) in [5.41, 5.74) is 0.859. The molecule has 1 atom stereocenters. The molecule has 0 aromatic carbocycles. The van der Waals surface area contributed by atoms with E-state index in [0.717, 1.165) is 17.1 Å². The first-order valence-electron chi connectivity index (χ1n) is 4.24. The van der Waals surface area contributed by atoms with Gasteiger partial charge in [-0.3, -0.25) is 4.79 Å². The first-order chi connectivity index (χ1) is 6.24. The van der Waals surface area contributed by atoms with Crippen molar-refractivity contribution in [2.24, 2.45) is 0 Å². The molecular weight excluding hydrogens is 184 g/mol. The van der Waals surface area contributed by atoms with Crippen LogP contribution in [0.2, 0.25) is 0 Å². The third-order valence-corrected chi connectivity index (χ3v) is 3.41. The third-order valence-electron chi connectivity index (χ3n) is 2.38. The van der Waals surface area contributed by atoms with Crippen LogP contribution in [0.15, 0.2) is 11.4 Å². The number of Topliss-reactive ketones (excluding diaryl/α,β-unsaturated/α-hetero) is 1. The number of fused-ring (bicyclic) bond motifs is 1. The van der Waals surface area contributed by atoms with Crippen LogP contribution in [-0.2, 0) is 0 Å². The Hall–Kier alpha value is -0.870. The molecule has 3 nitrogen and oxygen atoms in total. The van der Waals surface area contributed by atoms with Gasteiger partial charge in [-0.15, -0.1) is 11.3 Å². The minimum absolute atomic E-state index is 0.0490. The molecule has 1 unspecified atom stereocenters. The van der Waals surface area contributed by atoms with Gasteiger partial charge in [0, 0.05) is 13.6 Å². The Morgan fingerprint density at radius 1 is 1.69 bits per heavy atom. The van der Waals surface area contributed by atoms with E-state index in [1.807, 2.05) is 25.5 Å². The van der Waals surface area contributed by atoms with E-state index in [1.54, 1.807) is 11.3 Å². The highest BCUT2D eigenvalue weighted by atomic mass is 32.1. The van der Waals surface area contributed by atoms with Gasteiger partial charge in [0.15, 0.2) is 5.78 Å². The Bertz CT molecular complexity index is 334. The van der Waals surface area contributed by atoms with Gasteiger partial charge in [0.1, 0.15) is 5.00 Å². The Morgan fingerprint density at radius 3 is 3.15 bits per heavy atom. The summed E-state index contributed by atoms with van der Waals surface area (Å²) >= 11 is 1.63. The molecule has 0 saturated carbocycles. The number of thiophene rings is 1. The molecule has 1 aliphatic heterocycles. The highest BCUT2D eigenvalue weighted by Crippen LogP contribution is 2.31. The highest BCUT2D eigenvalue weighted by molar-refractivity contribution is 7.14. The molecule has 0 aliphatic carbocycles. The van der Waals surface area contributed by atoms with E-state index in [2.05, 4.69) is 10.2 Å². The fourth-order valence-corrected chi connectivity index (χ4v) is 2.52. The summed E-state index contributed by atoms with van der Waals surface area (Å²) in [7, 11) is 3.85. The molecule has 0 spiro atoms. The molecule has 1 N–H and O–H groups in total. The first-order valence-corrected chi connectivity index (χ1v) is 5.12. The number of carbonyl (C=O) groups excluding carboxylic acids is 1. The molecule has 0 fully saturated rings. The summed E-state index contributed by atoms with van der Waals surface area (Å²) in [4.78, 5) is 13.9. The third kappa shape index (κ3) is 1.26. The van der Waals surface area contributed by atoms with Crippen molar-refractivity contribution in [2.45, 2.75) is 6.04 Å². The normalized spacial score (nSPS) is 21.8. The minimum atomic E-state index is -0.0490. The SMILES string of the molecule is CNC1CN(C)c2sccc2C1=O. The number of rotatable bonds is 1. The van der Waals surface area contributed by atoms with Gasteiger partial charge in [-0.2, -0.15) is 0 Å². The maximum absolute atomic E-state index is 11.8. The van der Waals surface area contributed by atoms with E-state index in [4.69, 9.17) is 0 Å². The second-order valence-corrected chi connectivity index (χ2v) is 4.12. The van der Waals surface area contributed by atoms with Crippen molar-refractivity contribution in [2.75, 3.05) is 25.5 Å². The Labute approximate surface area is 81.4 Å². The maximum Gasteiger partial charge on any atom is 0.184 e. The smallest absolute Gasteiger partial charge is 0.184 e. The molecule has 0 bridgehead atoms. The van der Waals surface area contributed by atoms with Crippen LogP contribution in [0.5, 0.6) is 0 Å². The minimum Gasteiger partial charge on any atom is -0.364 e. The van der Waals surface area contributed by atoms with Crippen molar-refractivity contribution in [3.05, 3.63) is 17.0 Å². The molecule has 1 aromatic rings. The zero-order chi connectivity index (χ0) is 9.42. The average molecular weight is 196 g/mol. The van der Waals surface area contributed by atoms with E-state index in [9.17, 15) is 4.79 Å². The van der Waals surface area contributed by atoms with E-state index in [0.29, 0.717) is 0 Å². The van der Waals surface area contributed by atoms with Crippen molar-refractivity contribution in [3.63, 3.8) is 0 Å². The molecule has 0 saturated heterocycles. The van der Waals surface area contributed by atoms with Gasteiger partial charge in [-0.25, -0.2) is 0 Å². The molecule has 4 heteroatoms. The fourth-order valence-electron chi connectivity index (χ4n) is 1.63. The van der Waals surface area contributed by atoms with Crippen molar-refractivity contribution in [1.29, 1.82) is 0 Å². The maximum atomic E-state index is 11.8. The summed E-state index contributed by atoms with van der Waals surface area (Å²) in [5, 5.41) is 6.09. The Balaban J connectivity index is 2.41. The van der Waals surface area contributed by atoms with Gasteiger partial charge >= 0.3 is 0 Å². The van der Waals surface area contributed by atoms with Crippen LogP contribution in [0, 0.1) is 0 Å². The predicted molar refractivity (Wildman–Crippen MR) is 54.8 cm³/mol. The second-order valence-electron chi connectivity index (χ2n) is 3.23. The molecule has 0 radical (unpaired) electrons. The average Bonchev–Trinajstić information content (AvgIpc) is 2.60. The van der Waals surface area contributed by atoms with Gasteiger partial charge in [-0.05, 0) is 18.5 Å². The Morgan fingerprint density at radius 2 is 2.46 bits per heavy atom. The molecule has 2 rings (SSSR count). The standard InChI is InChI=1S/C9H12N2OS/c1-10-7-5-11(2)9-6(8(7)12)3-4-13-9/h3-4,7,10H,5H2,1-2H3. The molecule has 0 amide bonds. The van der Waals surface area contributed by atoms with Crippen LogP contribution in [0.1, 0.15) is 10.4 Å². The van der Waals surface area contributed by atoms with Crippen LogP contribution >= 0.6 is 11.3 Å². The lowest BCUT2D eigenvalue weighted by Gasteiger charge is -2.29. The first kappa shape index (κ1) is 8.72. The number of likely N-dealkylation sites (N-methyl/N-ethyl adjacent to an activating group) is 2. The second kappa shape index (κ2) is 3.12. The van der Waals surface area contributed by atoms with Crippen LogP contribution in [0.25, 0.3) is 0 Å². The van der Waals surface area contributed by atoms with Crippen LogP contribution in [0.3, 0.4) is 0 Å². The fraction of sp³-hybridized carbons (Fsp3) is 0.444. The number of hydrogen-bond acceptors (Lipinski definition) is 4. The molecule has 2 heterocycles. The Kier molecular flexibility index (Phi) is 2.09. The summed E-state index contributed by atoms with van der Waals surface area (Å²) < 4.78 is 0. The zero-order valence-corrected chi connectivity index (χ0v) is 8.52. The summed E-state index contributed by atoms with van der Waals surface area (Å²) in [6.45, 7) is 0.767. The van der Waals surface area contributed by atoms with Gasteiger partial charge in [-0.1, -0.05) is 0 Å². The zero-order valence-electron chi connectivity index (χ0n) is 7.70. The monoisotopic (exact) mass is 196 g/mol. The van der Waals surface area contributed by atoms with Gasteiger partial charge in [0.05, 0.1) is 11.6 Å². The lowest BCUT2D eigenvalue weighted by molar-refractivity contribution is 0.0945. The molecule has 1 aromatic heterocycles. The highest BCUT2D eigenvalue weighted by Gasteiger charge is 2.29. The van der Waals surface area contributed by atoms with E-state index in [1.165, 1.54) is 0 Å². The number of nitrogens with zero attached hydrogens (tertiary/aromatic N) is 1. The number of carbonyl (C=O) groups is 1. The number of hydrogen-bond donors (Lipinski definition) is 1. The van der Waals surface area contributed by atoms with Gasteiger partial charge < -0.3 is 10.2 Å². The molecule has 1 aliphatic rings. The number of nitrogens with one attached hydrogen (secondary N) is 1. The van der Waals surface area contributed by atoms with Crippen LogP contribution in [-0.4, -0.2) is 32.5 Å². The van der Waals surface area contributed by atoms with Crippen molar-refractivity contribution >= 4 is 22.1 Å². The molecule has 70 valence electrons. The molecule has 13 heavy (non-hydrogen) atoms. The number of anilines is 1.